The van der Waals surface area contributed by atoms with Crippen molar-refractivity contribution in [2.75, 3.05) is 6.54 Å². The molecule has 150 valence electrons. The van der Waals surface area contributed by atoms with Gasteiger partial charge in [-0.3, -0.25) is 14.2 Å². The number of fused-ring (bicyclic) bond motifs is 3. The Kier molecular flexibility index (Phi) is 4.67. The molecule has 3 heterocycles. The van der Waals surface area contributed by atoms with E-state index in [2.05, 4.69) is 4.98 Å². The molecular formula is C23H18FN3O2S. The zero-order valence-corrected chi connectivity index (χ0v) is 16.9. The van der Waals surface area contributed by atoms with E-state index in [0.717, 1.165) is 16.0 Å². The smallest absolute Gasteiger partial charge is 0.262 e. The summed E-state index contributed by atoms with van der Waals surface area (Å²) in [7, 11) is 0. The molecule has 1 amide bonds. The van der Waals surface area contributed by atoms with E-state index in [1.54, 1.807) is 15.8 Å². The van der Waals surface area contributed by atoms with E-state index in [0.29, 0.717) is 41.8 Å². The minimum Gasteiger partial charge on any atom is -0.333 e. The quantitative estimate of drug-likeness (QED) is 0.507. The van der Waals surface area contributed by atoms with Crippen LogP contribution in [0.3, 0.4) is 0 Å². The van der Waals surface area contributed by atoms with Crippen molar-refractivity contribution >= 4 is 27.5 Å². The molecule has 0 saturated carbocycles. The topological polar surface area (TPSA) is 55.2 Å². The Bertz CT molecular complexity index is 1300. The molecule has 0 atom stereocenters. The molecule has 1 aliphatic rings. The Morgan fingerprint density at radius 1 is 1.10 bits per heavy atom. The largest absolute Gasteiger partial charge is 0.333 e. The number of carbonyl (C=O) groups is 1. The first-order valence-corrected chi connectivity index (χ1v) is 10.5. The van der Waals surface area contributed by atoms with Gasteiger partial charge in [-0.1, -0.05) is 30.3 Å². The molecule has 5 nitrogen and oxygen atoms in total. The summed E-state index contributed by atoms with van der Waals surface area (Å²) in [6.45, 7) is 1.43. The van der Waals surface area contributed by atoms with Crippen LogP contribution in [0.5, 0.6) is 0 Å². The number of rotatable bonds is 3. The summed E-state index contributed by atoms with van der Waals surface area (Å²) in [6, 6.07) is 15.4. The average molecular weight is 419 g/mol. The van der Waals surface area contributed by atoms with Crippen LogP contribution in [0.25, 0.3) is 10.2 Å². The van der Waals surface area contributed by atoms with Gasteiger partial charge in [-0.05, 0) is 41.8 Å². The van der Waals surface area contributed by atoms with Gasteiger partial charge in [-0.15, -0.1) is 11.3 Å². The normalized spacial score (nSPS) is 13.4. The SMILES string of the molecule is O=C(c1ccc(F)cc1)N1CCc2c(sc3ncn(Cc4ccccc4)c(=O)c23)C1. The fraction of sp³-hybridized carbons (Fsp3) is 0.174. The number of hydrogen-bond donors (Lipinski definition) is 0. The number of halogens is 1. The van der Waals surface area contributed by atoms with Gasteiger partial charge in [0.2, 0.25) is 0 Å². The van der Waals surface area contributed by atoms with Gasteiger partial charge in [0.25, 0.3) is 11.5 Å². The van der Waals surface area contributed by atoms with Crippen LogP contribution in [0, 0.1) is 5.82 Å². The Balaban J connectivity index is 1.46. The van der Waals surface area contributed by atoms with E-state index < -0.39 is 0 Å². The molecule has 0 saturated heterocycles. The number of thiophene rings is 1. The highest BCUT2D eigenvalue weighted by Crippen LogP contribution is 2.32. The zero-order chi connectivity index (χ0) is 20.7. The lowest BCUT2D eigenvalue weighted by Crippen LogP contribution is -2.35. The Morgan fingerprint density at radius 3 is 2.63 bits per heavy atom. The van der Waals surface area contributed by atoms with Crippen LogP contribution in [-0.4, -0.2) is 26.9 Å². The van der Waals surface area contributed by atoms with Crippen LogP contribution in [0.15, 0.2) is 65.7 Å². The Morgan fingerprint density at radius 2 is 1.87 bits per heavy atom. The molecule has 0 bridgehead atoms. The Labute approximate surface area is 176 Å². The first kappa shape index (κ1) is 18.7. The molecule has 4 aromatic rings. The first-order valence-electron chi connectivity index (χ1n) is 9.68. The predicted molar refractivity (Wildman–Crippen MR) is 114 cm³/mol. The molecule has 2 aromatic carbocycles. The maximum Gasteiger partial charge on any atom is 0.262 e. The lowest BCUT2D eigenvalue weighted by atomic mass is 10.0. The maximum absolute atomic E-state index is 13.2. The fourth-order valence-electron chi connectivity index (χ4n) is 3.86. The summed E-state index contributed by atoms with van der Waals surface area (Å²) in [5.74, 6) is -0.498. The minimum absolute atomic E-state index is 0.0420. The van der Waals surface area contributed by atoms with Crippen LogP contribution in [0.2, 0.25) is 0 Å². The summed E-state index contributed by atoms with van der Waals surface area (Å²) in [5, 5.41) is 0.669. The summed E-state index contributed by atoms with van der Waals surface area (Å²) < 4.78 is 14.8. The van der Waals surface area contributed by atoms with Crippen molar-refractivity contribution in [2.24, 2.45) is 0 Å². The number of carbonyl (C=O) groups excluding carboxylic acids is 1. The first-order chi connectivity index (χ1) is 14.6. The highest BCUT2D eigenvalue weighted by atomic mass is 32.1. The highest BCUT2D eigenvalue weighted by molar-refractivity contribution is 7.18. The molecule has 5 rings (SSSR count). The second-order valence-electron chi connectivity index (χ2n) is 7.33. The number of amides is 1. The second-order valence-corrected chi connectivity index (χ2v) is 8.41. The third-order valence-corrected chi connectivity index (χ3v) is 6.53. The lowest BCUT2D eigenvalue weighted by molar-refractivity contribution is 0.0737. The molecular weight excluding hydrogens is 401 g/mol. The van der Waals surface area contributed by atoms with Crippen molar-refractivity contribution in [2.45, 2.75) is 19.5 Å². The highest BCUT2D eigenvalue weighted by Gasteiger charge is 2.27. The van der Waals surface area contributed by atoms with Crippen molar-refractivity contribution in [3.63, 3.8) is 0 Å². The summed E-state index contributed by atoms with van der Waals surface area (Å²) in [6.07, 6.45) is 2.20. The van der Waals surface area contributed by atoms with Gasteiger partial charge in [0.15, 0.2) is 0 Å². The molecule has 1 aliphatic heterocycles. The van der Waals surface area contributed by atoms with Gasteiger partial charge in [0.1, 0.15) is 10.6 Å². The number of hydrogen-bond acceptors (Lipinski definition) is 4. The van der Waals surface area contributed by atoms with E-state index in [1.807, 2.05) is 30.3 Å². The molecule has 0 N–H and O–H groups in total. The molecule has 30 heavy (non-hydrogen) atoms. The van der Waals surface area contributed by atoms with Crippen LogP contribution < -0.4 is 5.56 Å². The van der Waals surface area contributed by atoms with Gasteiger partial charge >= 0.3 is 0 Å². The van der Waals surface area contributed by atoms with Gasteiger partial charge in [-0.25, -0.2) is 9.37 Å². The van der Waals surface area contributed by atoms with Crippen molar-refractivity contribution in [1.29, 1.82) is 0 Å². The van der Waals surface area contributed by atoms with Gasteiger partial charge in [0, 0.05) is 17.0 Å². The van der Waals surface area contributed by atoms with Crippen LogP contribution >= 0.6 is 11.3 Å². The number of benzene rings is 2. The molecule has 7 heteroatoms. The molecule has 2 aromatic heterocycles. The van der Waals surface area contributed by atoms with Gasteiger partial charge in [0.05, 0.1) is 24.8 Å². The maximum atomic E-state index is 13.2. The van der Waals surface area contributed by atoms with Crippen molar-refractivity contribution in [3.05, 3.63) is 98.7 Å². The summed E-state index contributed by atoms with van der Waals surface area (Å²) in [5.41, 5.74) is 2.46. The third kappa shape index (κ3) is 3.31. The second kappa shape index (κ2) is 7.50. The molecule has 0 unspecified atom stereocenters. The van der Waals surface area contributed by atoms with E-state index in [9.17, 15) is 14.0 Å². The summed E-state index contributed by atoms with van der Waals surface area (Å²) in [4.78, 5) is 33.9. The molecule has 0 fully saturated rings. The van der Waals surface area contributed by atoms with E-state index in [1.165, 1.54) is 35.6 Å². The van der Waals surface area contributed by atoms with Crippen molar-refractivity contribution in [1.82, 2.24) is 14.5 Å². The number of nitrogens with zero attached hydrogens (tertiary/aromatic N) is 3. The Hall–Kier alpha value is -3.32. The molecule has 0 spiro atoms. The minimum atomic E-state index is -0.366. The van der Waals surface area contributed by atoms with Crippen LogP contribution in [-0.2, 0) is 19.5 Å². The molecule has 0 radical (unpaired) electrons. The zero-order valence-electron chi connectivity index (χ0n) is 16.0. The average Bonchev–Trinajstić information content (AvgIpc) is 3.15. The molecule has 0 aliphatic carbocycles. The fourth-order valence-corrected chi connectivity index (χ4v) is 5.05. The van der Waals surface area contributed by atoms with Gasteiger partial charge < -0.3 is 4.90 Å². The van der Waals surface area contributed by atoms with E-state index in [4.69, 9.17) is 0 Å². The third-order valence-electron chi connectivity index (χ3n) is 5.40. The van der Waals surface area contributed by atoms with E-state index in [-0.39, 0.29) is 17.3 Å². The van der Waals surface area contributed by atoms with Crippen molar-refractivity contribution in [3.8, 4) is 0 Å². The van der Waals surface area contributed by atoms with Gasteiger partial charge in [-0.2, -0.15) is 0 Å². The summed E-state index contributed by atoms with van der Waals surface area (Å²) >= 11 is 1.47. The predicted octanol–water partition coefficient (Wildman–Crippen LogP) is 3.84. The standard InChI is InChI=1S/C23H18FN3O2S/c24-17-8-6-16(7-9-17)22(28)26-11-10-18-19(13-26)30-21-20(18)23(29)27(14-25-21)12-15-4-2-1-3-5-15/h1-9,14H,10-13H2. The van der Waals surface area contributed by atoms with Crippen LogP contribution in [0.4, 0.5) is 4.39 Å². The lowest BCUT2D eigenvalue weighted by Gasteiger charge is -2.27. The van der Waals surface area contributed by atoms with Crippen molar-refractivity contribution < 1.29 is 9.18 Å². The monoisotopic (exact) mass is 419 g/mol. The van der Waals surface area contributed by atoms with Crippen LogP contribution in [0.1, 0.15) is 26.4 Å². The number of aromatic nitrogens is 2. The van der Waals surface area contributed by atoms with E-state index >= 15 is 0 Å².